The third-order valence-electron chi connectivity index (χ3n) is 3.41. The van der Waals surface area contributed by atoms with Crippen molar-refractivity contribution in [1.82, 2.24) is 9.97 Å². The Morgan fingerprint density at radius 3 is 2.74 bits per heavy atom. The van der Waals surface area contributed by atoms with Crippen LogP contribution in [0.2, 0.25) is 0 Å². The molecule has 0 radical (unpaired) electrons. The van der Waals surface area contributed by atoms with Crippen LogP contribution in [-0.4, -0.2) is 28.6 Å². The second-order valence-electron chi connectivity index (χ2n) is 4.84. The lowest BCUT2D eigenvalue weighted by molar-refractivity contribution is -0.384. The predicted molar refractivity (Wildman–Crippen MR) is 85.9 cm³/mol. The number of H-pyrrole nitrogens is 1. The van der Waals surface area contributed by atoms with Gasteiger partial charge in [-0.05, 0) is 31.2 Å². The zero-order chi connectivity index (χ0) is 16.4. The van der Waals surface area contributed by atoms with E-state index in [1.54, 1.807) is 13.2 Å². The average molecular weight is 313 g/mol. The Bertz CT molecular complexity index is 873. The van der Waals surface area contributed by atoms with E-state index in [4.69, 9.17) is 9.47 Å². The first kappa shape index (κ1) is 14.8. The highest BCUT2D eigenvalue weighted by atomic mass is 16.6. The quantitative estimate of drug-likeness (QED) is 0.574. The van der Waals surface area contributed by atoms with Gasteiger partial charge in [-0.25, -0.2) is 4.98 Å². The Morgan fingerprint density at radius 1 is 1.22 bits per heavy atom. The van der Waals surface area contributed by atoms with Gasteiger partial charge < -0.3 is 14.5 Å². The van der Waals surface area contributed by atoms with E-state index >= 15 is 0 Å². The summed E-state index contributed by atoms with van der Waals surface area (Å²) in [5.41, 5.74) is 2.11. The van der Waals surface area contributed by atoms with Crippen LogP contribution in [0, 0.1) is 10.1 Å². The molecule has 0 aliphatic heterocycles. The highest BCUT2D eigenvalue weighted by molar-refractivity contribution is 5.81. The fourth-order valence-corrected chi connectivity index (χ4v) is 2.34. The Morgan fingerprint density at radius 2 is 2.04 bits per heavy atom. The molecule has 7 heteroatoms. The molecule has 7 nitrogen and oxygen atoms in total. The van der Waals surface area contributed by atoms with Gasteiger partial charge in [0.25, 0.3) is 5.69 Å². The highest BCUT2D eigenvalue weighted by Gasteiger charge is 2.12. The van der Waals surface area contributed by atoms with Crippen molar-refractivity contribution in [2.45, 2.75) is 6.92 Å². The summed E-state index contributed by atoms with van der Waals surface area (Å²) < 4.78 is 10.8. The molecule has 0 aliphatic rings. The van der Waals surface area contributed by atoms with Crippen LogP contribution in [-0.2, 0) is 0 Å². The van der Waals surface area contributed by atoms with Crippen LogP contribution in [0.3, 0.4) is 0 Å². The van der Waals surface area contributed by atoms with Gasteiger partial charge in [0.1, 0.15) is 5.82 Å². The summed E-state index contributed by atoms with van der Waals surface area (Å²) in [7, 11) is 1.57. The Balaban J connectivity index is 2.04. The van der Waals surface area contributed by atoms with E-state index in [-0.39, 0.29) is 5.69 Å². The Labute approximate surface area is 132 Å². The van der Waals surface area contributed by atoms with Crippen LogP contribution in [0.1, 0.15) is 6.92 Å². The number of non-ortho nitro benzene ring substituents is 1. The minimum atomic E-state index is -0.431. The van der Waals surface area contributed by atoms with Crippen LogP contribution in [0.25, 0.3) is 22.4 Å². The third-order valence-corrected chi connectivity index (χ3v) is 3.41. The molecule has 1 N–H and O–H groups in total. The van der Waals surface area contributed by atoms with E-state index in [0.29, 0.717) is 35.0 Å². The summed E-state index contributed by atoms with van der Waals surface area (Å²) in [6.45, 7) is 2.45. The maximum absolute atomic E-state index is 10.8. The maximum Gasteiger partial charge on any atom is 0.271 e. The van der Waals surface area contributed by atoms with Crippen molar-refractivity contribution in [3.63, 3.8) is 0 Å². The molecule has 3 rings (SSSR count). The van der Waals surface area contributed by atoms with Crippen molar-refractivity contribution >= 4 is 16.7 Å². The summed E-state index contributed by atoms with van der Waals surface area (Å²) >= 11 is 0. The van der Waals surface area contributed by atoms with Gasteiger partial charge in [0.15, 0.2) is 11.5 Å². The minimum Gasteiger partial charge on any atom is -0.493 e. The van der Waals surface area contributed by atoms with Gasteiger partial charge in [0.2, 0.25) is 0 Å². The molecule has 0 spiro atoms. The van der Waals surface area contributed by atoms with Crippen molar-refractivity contribution in [3.8, 4) is 22.9 Å². The van der Waals surface area contributed by atoms with Crippen molar-refractivity contribution in [1.29, 1.82) is 0 Å². The molecule has 23 heavy (non-hydrogen) atoms. The van der Waals surface area contributed by atoms with Crippen LogP contribution < -0.4 is 9.47 Å². The van der Waals surface area contributed by atoms with Gasteiger partial charge >= 0.3 is 0 Å². The second kappa shape index (κ2) is 5.96. The molecule has 0 aliphatic carbocycles. The number of hydrogen-bond acceptors (Lipinski definition) is 5. The monoisotopic (exact) mass is 313 g/mol. The normalized spacial score (nSPS) is 10.7. The van der Waals surface area contributed by atoms with E-state index in [1.165, 1.54) is 12.1 Å². The summed E-state index contributed by atoms with van der Waals surface area (Å²) in [6.07, 6.45) is 0. The maximum atomic E-state index is 10.8. The fraction of sp³-hybridized carbons (Fsp3) is 0.188. The van der Waals surface area contributed by atoms with E-state index in [0.717, 1.165) is 5.56 Å². The van der Waals surface area contributed by atoms with Crippen LogP contribution >= 0.6 is 0 Å². The molecule has 1 aromatic heterocycles. The largest absolute Gasteiger partial charge is 0.493 e. The van der Waals surface area contributed by atoms with Crippen molar-refractivity contribution < 1.29 is 14.4 Å². The van der Waals surface area contributed by atoms with Gasteiger partial charge in [-0.15, -0.1) is 0 Å². The van der Waals surface area contributed by atoms with E-state index in [9.17, 15) is 10.1 Å². The number of hydrogen-bond donors (Lipinski definition) is 1. The molecule has 1 heterocycles. The number of ether oxygens (including phenoxy) is 2. The number of rotatable bonds is 5. The first-order chi connectivity index (χ1) is 11.1. The standard InChI is InChI=1S/C16H15N3O4/c1-3-23-14-7-4-10(8-15(14)22-2)16-17-12-6-5-11(19(20)21)9-13(12)18-16/h4-9H,3H2,1-2H3,(H,17,18). The van der Waals surface area contributed by atoms with Gasteiger partial charge in [-0.3, -0.25) is 10.1 Å². The molecule has 2 aromatic carbocycles. The number of nitrogens with one attached hydrogen (secondary N) is 1. The smallest absolute Gasteiger partial charge is 0.271 e. The van der Waals surface area contributed by atoms with Gasteiger partial charge in [-0.2, -0.15) is 0 Å². The summed E-state index contributed by atoms with van der Waals surface area (Å²) in [6, 6.07) is 10.0. The van der Waals surface area contributed by atoms with E-state index < -0.39 is 4.92 Å². The Hall–Kier alpha value is -3.09. The Kier molecular flexibility index (Phi) is 3.84. The van der Waals surface area contributed by atoms with Crippen LogP contribution in [0.5, 0.6) is 11.5 Å². The lowest BCUT2D eigenvalue weighted by Crippen LogP contribution is -1.95. The molecule has 0 bridgehead atoms. The van der Waals surface area contributed by atoms with Crippen molar-refractivity contribution in [2.24, 2.45) is 0 Å². The van der Waals surface area contributed by atoms with E-state index in [1.807, 2.05) is 25.1 Å². The number of nitrogens with zero attached hydrogens (tertiary/aromatic N) is 2. The highest BCUT2D eigenvalue weighted by Crippen LogP contribution is 2.32. The van der Waals surface area contributed by atoms with Crippen LogP contribution in [0.15, 0.2) is 36.4 Å². The molecule has 0 fully saturated rings. The molecule has 0 saturated carbocycles. The SMILES string of the molecule is CCOc1ccc(-c2nc3ccc([N+](=O)[O-])cc3[nH]2)cc1OC. The van der Waals surface area contributed by atoms with Crippen LogP contribution in [0.4, 0.5) is 5.69 Å². The minimum absolute atomic E-state index is 0.0250. The summed E-state index contributed by atoms with van der Waals surface area (Å²) in [5, 5.41) is 10.8. The average Bonchev–Trinajstić information content (AvgIpc) is 2.98. The van der Waals surface area contributed by atoms with Crippen molar-refractivity contribution in [2.75, 3.05) is 13.7 Å². The fourth-order valence-electron chi connectivity index (χ4n) is 2.34. The number of benzene rings is 2. The summed E-state index contributed by atoms with van der Waals surface area (Å²) in [4.78, 5) is 18.0. The lowest BCUT2D eigenvalue weighted by atomic mass is 10.2. The number of aromatic nitrogens is 2. The second-order valence-corrected chi connectivity index (χ2v) is 4.84. The molecule has 0 amide bonds. The zero-order valence-electron chi connectivity index (χ0n) is 12.7. The lowest BCUT2D eigenvalue weighted by Gasteiger charge is -2.09. The first-order valence-electron chi connectivity index (χ1n) is 7.07. The topological polar surface area (TPSA) is 90.3 Å². The van der Waals surface area contributed by atoms with Crippen molar-refractivity contribution in [3.05, 3.63) is 46.5 Å². The van der Waals surface area contributed by atoms with E-state index in [2.05, 4.69) is 9.97 Å². The first-order valence-corrected chi connectivity index (χ1v) is 7.07. The molecule has 118 valence electrons. The molecular formula is C16H15N3O4. The molecule has 0 saturated heterocycles. The van der Waals surface area contributed by atoms with Gasteiger partial charge in [0.05, 0.1) is 29.7 Å². The molecule has 0 unspecified atom stereocenters. The van der Waals surface area contributed by atoms with Gasteiger partial charge in [0, 0.05) is 17.7 Å². The number of fused-ring (bicyclic) bond motifs is 1. The number of aromatic amines is 1. The number of imidazole rings is 1. The number of methoxy groups -OCH3 is 1. The number of nitro benzene ring substituents is 1. The molecular weight excluding hydrogens is 298 g/mol. The molecule has 0 atom stereocenters. The summed E-state index contributed by atoms with van der Waals surface area (Å²) in [5.74, 6) is 1.88. The van der Waals surface area contributed by atoms with Gasteiger partial charge in [-0.1, -0.05) is 0 Å². The predicted octanol–water partition coefficient (Wildman–Crippen LogP) is 3.55. The zero-order valence-corrected chi connectivity index (χ0v) is 12.7. The number of nitro groups is 1. The molecule has 3 aromatic rings. The third kappa shape index (κ3) is 2.80.